The van der Waals surface area contributed by atoms with Crippen molar-refractivity contribution in [3.05, 3.63) is 125 Å². The lowest BCUT2D eigenvalue weighted by Crippen LogP contribution is -2.31. The Morgan fingerprint density at radius 2 is 1.66 bits per heavy atom. The highest BCUT2D eigenvalue weighted by Crippen LogP contribution is 2.22. The van der Waals surface area contributed by atoms with Crippen LogP contribution >= 0.6 is 0 Å². The first kappa shape index (κ1) is 25.0. The van der Waals surface area contributed by atoms with E-state index in [1.54, 1.807) is 46.5 Å². The summed E-state index contributed by atoms with van der Waals surface area (Å²) in [4.78, 5) is 33.3. The third-order valence-corrected chi connectivity index (χ3v) is 6.26. The fourth-order valence-corrected chi connectivity index (χ4v) is 4.32. The normalized spacial score (nSPS) is 12.8. The lowest BCUT2D eigenvalue weighted by molar-refractivity contribution is 0.0730. The van der Waals surface area contributed by atoms with E-state index in [2.05, 4.69) is 10.3 Å². The van der Waals surface area contributed by atoms with Crippen LogP contribution in [0.25, 0.3) is 0 Å². The molecule has 1 N–H and O–H groups in total. The standard InChI is InChI=1S/C30H27FN4O3/c31-26-5-1-3-24(17-26)21-38-28-9-7-22(8-10-28)19-34(20-23-11-13-32-14-12-23)29(36)25-4-2-6-27(18-25)35-16-15-33-30(35)37/h1-14,17-18H,15-16,19-21H2,(H,33,37). The number of rotatable bonds is 9. The fraction of sp³-hybridized carbons (Fsp3) is 0.167. The maximum Gasteiger partial charge on any atom is 0.321 e. The highest BCUT2D eigenvalue weighted by Gasteiger charge is 2.23. The number of carbonyl (C=O) groups excluding carboxylic acids is 2. The summed E-state index contributed by atoms with van der Waals surface area (Å²) in [5, 5.41) is 2.79. The van der Waals surface area contributed by atoms with Crippen LogP contribution in [0.3, 0.4) is 0 Å². The van der Waals surface area contributed by atoms with Gasteiger partial charge in [-0.2, -0.15) is 0 Å². The van der Waals surface area contributed by atoms with E-state index in [4.69, 9.17) is 4.74 Å². The van der Waals surface area contributed by atoms with Gasteiger partial charge in [-0.25, -0.2) is 9.18 Å². The Balaban J connectivity index is 1.32. The average Bonchev–Trinajstić information content (AvgIpc) is 3.38. The van der Waals surface area contributed by atoms with E-state index in [0.717, 1.165) is 16.7 Å². The number of anilines is 1. The molecule has 38 heavy (non-hydrogen) atoms. The third-order valence-electron chi connectivity index (χ3n) is 6.26. The molecule has 1 aliphatic heterocycles. The van der Waals surface area contributed by atoms with Crippen LogP contribution in [-0.2, 0) is 19.7 Å². The van der Waals surface area contributed by atoms with Crippen molar-refractivity contribution in [1.82, 2.24) is 15.2 Å². The molecular formula is C30H27FN4O3. The van der Waals surface area contributed by atoms with Gasteiger partial charge >= 0.3 is 6.03 Å². The summed E-state index contributed by atoms with van der Waals surface area (Å²) >= 11 is 0. The second-order valence-electron chi connectivity index (χ2n) is 9.01. The van der Waals surface area contributed by atoms with Gasteiger partial charge in [-0.3, -0.25) is 14.7 Å². The number of hydrogen-bond acceptors (Lipinski definition) is 4. The summed E-state index contributed by atoms with van der Waals surface area (Å²) < 4.78 is 19.2. The second kappa shape index (κ2) is 11.6. The highest BCUT2D eigenvalue weighted by molar-refractivity contribution is 5.98. The van der Waals surface area contributed by atoms with Gasteiger partial charge in [-0.1, -0.05) is 30.3 Å². The minimum atomic E-state index is -0.297. The van der Waals surface area contributed by atoms with Crippen molar-refractivity contribution < 1.29 is 18.7 Å². The molecular weight excluding hydrogens is 483 g/mol. The lowest BCUT2D eigenvalue weighted by atomic mass is 10.1. The topological polar surface area (TPSA) is 74.8 Å². The molecule has 0 unspecified atom stereocenters. The van der Waals surface area contributed by atoms with E-state index >= 15 is 0 Å². The maximum atomic E-state index is 13.7. The Hall–Kier alpha value is -4.72. The molecule has 3 aromatic carbocycles. The number of aromatic nitrogens is 1. The number of urea groups is 1. The number of amides is 3. The van der Waals surface area contributed by atoms with Gasteiger partial charge in [0.05, 0.1) is 0 Å². The molecule has 0 radical (unpaired) electrons. The zero-order chi connectivity index (χ0) is 26.3. The van der Waals surface area contributed by atoms with Gasteiger partial charge in [0.15, 0.2) is 0 Å². The molecule has 1 saturated heterocycles. The molecule has 0 spiro atoms. The molecule has 0 bridgehead atoms. The Labute approximate surface area is 220 Å². The van der Waals surface area contributed by atoms with Gasteiger partial charge in [0.25, 0.3) is 5.91 Å². The first-order valence-corrected chi connectivity index (χ1v) is 12.3. The van der Waals surface area contributed by atoms with Gasteiger partial charge in [-0.05, 0) is 71.3 Å². The first-order valence-electron chi connectivity index (χ1n) is 12.3. The van der Waals surface area contributed by atoms with Crippen LogP contribution in [0.2, 0.25) is 0 Å². The van der Waals surface area contributed by atoms with Crippen LogP contribution in [-0.4, -0.2) is 34.9 Å². The van der Waals surface area contributed by atoms with Crippen LogP contribution in [0, 0.1) is 5.82 Å². The van der Waals surface area contributed by atoms with E-state index in [-0.39, 0.29) is 24.4 Å². The van der Waals surface area contributed by atoms with Gasteiger partial charge < -0.3 is 15.0 Å². The smallest absolute Gasteiger partial charge is 0.321 e. The molecule has 0 aliphatic carbocycles. The Morgan fingerprint density at radius 3 is 2.37 bits per heavy atom. The van der Waals surface area contributed by atoms with E-state index in [0.29, 0.717) is 43.2 Å². The molecule has 0 saturated carbocycles. The lowest BCUT2D eigenvalue weighted by Gasteiger charge is -2.24. The third kappa shape index (κ3) is 6.15. The molecule has 1 fully saturated rings. The number of carbonyl (C=O) groups is 2. The monoisotopic (exact) mass is 510 g/mol. The van der Waals surface area contributed by atoms with Crippen molar-refractivity contribution in [2.24, 2.45) is 0 Å². The largest absolute Gasteiger partial charge is 0.489 e. The molecule has 8 heteroatoms. The average molecular weight is 511 g/mol. The van der Waals surface area contributed by atoms with Gasteiger partial charge in [-0.15, -0.1) is 0 Å². The van der Waals surface area contributed by atoms with Crippen LogP contribution in [0.1, 0.15) is 27.0 Å². The van der Waals surface area contributed by atoms with Crippen molar-refractivity contribution >= 4 is 17.6 Å². The summed E-state index contributed by atoms with van der Waals surface area (Å²) in [6.07, 6.45) is 3.41. The SMILES string of the molecule is O=C(c1cccc(N2CCNC2=O)c1)N(Cc1ccncc1)Cc1ccc(OCc2cccc(F)c2)cc1. The van der Waals surface area contributed by atoms with Crippen LogP contribution in [0.4, 0.5) is 14.9 Å². The van der Waals surface area contributed by atoms with Crippen molar-refractivity contribution in [3.63, 3.8) is 0 Å². The number of benzene rings is 3. The number of nitrogens with zero attached hydrogens (tertiary/aromatic N) is 3. The maximum absolute atomic E-state index is 13.7. The summed E-state index contributed by atoms with van der Waals surface area (Å²) in [5.41, 5.74) is 3.83. The van der Waals surface area contributed by atoms with E-state index in [9.17, 15) is 14.0 Å². The van der Waals surface area contributed by atoms with E-state index < -0.39 is 0 Å². The summed E-state index contributed by atoms with van der Waals surface area (Å²) in [5.74, 6) is 0.214. The van der Waals surface area contributed by atoms with Gasteiger partial charge in [0.1, 0.15) is 18.2 Å². The van der Waals surface area contributed by atoms with E-state index in [1.807, 2.05) is 48.5 Å². The van der Waals surface area contributed by atoms with Crippen molar-refractivity contribution in [2.75, 3.05) is 18.0 Å². The Bertz CT molecular complexity index is 1410. The molecule has 1 aliphatic rings. The molecule has 0 atom stereocenters. The molecule has 4 aromatic rings. The number of halogens is 1. The minimum absolute atomic E-state index is 0.144. The first-order chi connectivity index (χ1) is 18.5. The van der Waals surface area contributed by atoms with Gasteiger partial charge in [0, 0.05) is 49.8 Å². The number of ether oxygens (including phenoxy) is 1. The van der Waals surface area contributed by atoms with Gasteiger partial charge in [0.2, 0.25) is 0 Å². The van der Waals surface area contributed by atoms with E-state index in [1.165, 1.54) is 12.1 Å². The number of pyridine rings is 1. The van der Waals surface area contributed by atoms with Crippen molar-refractivity contribution in [3.8, 4) is 5.75 Å². The summed E-state index contributed by atoms with van der Waals surface area (Å²) in [6, 6.07) is 24.6. The molecule has 7 nitrogen and oxygen atoms in total. The zero-order valence-corrected chi connectivity index (χ0v) is 20.7. The summed E-state index contributed by atoms with van der Waals surface area (Å²) in [7, 11) is 0. The Kier molecular flexibility index (Phi) is 7.59. The summed E-state index contributed by atoms with van der Waals surface area (Å²) in [6.45, 7) is 2.17. The number of nitrogens with one attached hydrogen (secondary N) is 1. The minimum Gasteiger partial charge on any atom is -0.489 e. The fourth-order valence-electron chi connectivity index (χ4n) is 4.32. The molecule has 5 rings (SSSR count). The van der Waals surface area contributed by atoms with Crippen LogP contribution < -0.4 is 15.0 Å². The predicted octanol–water partition coefficient (Wildman–Crippen LogP) is 5.17. The predicted molar refractivity (Wildman–Crippen MR) is 142 cm³/mol. The highest BCUT2D eigenvalue weighted by atomic mass is 19.1. The second-order valence-corrected chi connectivity index (χ2v) is 9.01. The molecule has 2 heterocycles. The number of hydrogen-bond donors (Lipinski definition) is 1. The zero-order valence-electron chi connectivity index (χ0n) is 20.7. The Morgan fingerprint density at radius 1 is 0.921 bits per heavy atom. The molecule has 3 amide bonds. The molecule has 192 valence electrons. The van der Waals surface area contributed by atoms with Crippen molar-refractivity contribution in [2.45, 2.75) is 19.7 Å². The quantitative estimate of drug-likeness (QED) is 0.337. The van der Waals surface area contributed by atoms with Crippen LogP contribution in [0.15, 0.2) is 97.3 Å². The van der Waals surface area contributed by atoms with Crippen molar-refractivity contribution in [1.29, 1.82) is 0 Å². The van der Waals surface area contributed by atoms with Crippen LogP contribution in [0.5, 0.6) is 5.75 Å². The molecule has 1 aromatic heterocycles.